The maximum absolute atomic E-state index is 12.8. The second-order valence-corrected chi connectivity index (χ2v) is 10.8. The highest BCUT2D eigenvalue weighted by atomic mass is 35.5. The van der Waals surface area contributed by atoms with Crippen molar-refractivity contribution in [2.24, 2.45) is 0 Å². The molecule has 1 aliphatic carbocycles. The van der Waals surface area contributed by atoms with E-state index in [-0.39, 0.29) is 17.8 Å². The molecule has 1 aromatic heterocycles. The summed E-state index contributed by atoms with van der Waals surface area (Å²) in [6.07, 6.45) is -3.00. The summed E-state index contributed by atoms with van der Waals surface area (Å²) in [5, 5.41) is 9.64. The van der Waals surface area contributed by atoms with Crippen LogP contribution in [-0.2, 0) is 5.54 Å². The van der Waals surface area contributed by atoms with Crippen LogP contribution in [0.25, 0.3) is 0 Å². The van der Waals surface area contributed by atoms with Crippen molar-refractivity contribution in [2.45, 2.75) is 24.6 Å². The van der Waals surface area contributed by atoms with Gasteiger partial charge < -0.3 is 25.2 Å². The number of benzene rings is 2. The summed E-state index contributed by atoms with van der Waals surface area (Å²) in [4.78, 5) is 24.8. The lowest BCUT2D eigenvalue weighted by atomic mass is 10.1. The average molecular weight is 565 g/mol. The first kappa shape index (κ1) is 28.4. The number of quaternary nitrogens is 1. The van der Waals surface area contributed by atoms with Crippen LogP contribution in [0, 0.1) is 0 Å². The molecule has 39 heavy (non-hydrogen) atoms. The maximum atomic E-state index is 12.8. The van der Waals surface area contributed by atoms with Gasteiger partial charge in [0, 0.05) is 16.3 Å². The lowest BCUT2D eigenvalue weighted by molar-refractivity contribution is -0.869. The highest BCUT2D eigenvalue weighted by molar-refractivity contribution is 6.30. The third-order valence-electron chi connectivity index (χ3n) is 5.95. The molecule has 4 rings (SSSR count). The minimum absolute atomic E-state index is 0.0169. The van der Waals surface area contributed by atoms with Crippen LogP contribution in [0.15, 0.2) is 48.5 Å². The summed E-state index contributed by atoms with van der Waals surface area (Å²) >= 11 is 6.01. The zero-order valence-electron chi connectivity index (χ0n) is 21.8. The lowest BCUT2D eigenvalue weighted by Crippen LogP contribution is -2.41. The van der Waals surface area contributed by atoms with Gasteiger partial charge in [0.05, 0.1) is 39.8 Å². The number of halogens is 4. The van der Waals surface area contributed by atoms with Gasteiger partial charge in [0.15, 0.2) is 6.61 Å². The predicted molar refractivity (Wildman–Crippen MR) is 142 cm³/mol. The van der Waals surface area contributed by atoms with Gasteiger partial charge in [0.1, 0.15) is 0 Å². The van der Waals surface area contributed by atoms with E-state index in [0.29, 0.717) is 22.8 Å². The monoisotopic (exact) mass is 564 g/mol. The van der Waals surface area contributed by atoms with Gasteiger partial charge in [0.2, 0.25) is 11.9 Å². The number of amides is 1. The number of likely N-dealkylation sites (N-methyl/N-ethyl adjacent to an activating group) is 1. The van der Waals surface area contributed by atoms with E-state index in [9.17, 15) is 18.0 Å². The molecule has 0 unspecified atom stereocenters. The number of aromatic nitrogens is 3. The lowest BCUT2D eigenvalue weighted by Gasteiger charge is -2.23. The molecule has 13 heteroatoms. The second kappa shape index (κ2) is 11.2. The van der Waals surface area contributed by atoms with Gasteiger partial charge in [-0.25, -0.2) is 0 Å². The Kier molecular flexibility index (Phi) is 8.17. The summed E-state index contributed by atoms with van der Waals surface area (Å²) < 4.78 is 43.9. The Balaban J connectivity index is 1.49. The quantitative estimate of drug-likeness (QED) is 0.289. The van der Waals surface area contributed by atoms with Gasteiger partial charge in [-0.1, -0.05) is 23.7 Å². The van der Waals surface area contributed by atoms with Crippen molar-refractivity contribution in [1.82, 2.24) is 20.3 Å². The Labute approximate surface area is 229 Å². The molecule has 0 aliphatic heterocycles. The number of carbonyl (C=O) groups is 1. The van der Waals surface area contributed by atoms with Gasteiger partial charge in [-0.05, 0) is 54.8 Å². The fourth-order valence-electron chi connectivity index (χ4n) is 3.71. The van der Waals surface area contributed by atoms with Crippen LogP contribution in [0.5, 0.6) is 6.01 Å². The molecule has 1 heterocycles. The van der Waals surface area contributed by atoms with Crippen molar-refractivity contribution in [3.05, 3.63) is 64.7 Å². The Hall–Kier alpha value is -3.64. The largest absolute Gasteiger partial charge is 0.454 e. The fourth-order valence-corrected chi connectivity index (χ4v) is 3.84. The number of anilines is 3. The van der Waals surface area contributed by atoms with Crippen molar-refractivity contribution in [3.8, 4) is 6.01 Å². The van der Waals surface area contributed by atoms with E-state index in [1.165, 1.54) is 0 Å². The van der Waals surface area contributed by atoms with E-state index in [2.05, 4.69) is 30.9 Å². The van der Waals surface area contributed by atoms with Crippen LogP contribution in [0.2, 0.25) is 5.02 Å². The van der Waals surface area contributed by atoms with Crippen LogP contribution in [0.3, 0.4) is 0 Å². The first-order valence-corrected chi connectivity index (χ1v) is 12.6. The molecular formula is C26H30ClF3N7O2+. The summed E-state index contributed by atoms with van der Waals surface area (Å²) in [5.74, 6) is -0.163. The molecule has 1 saturated carbocycles. The number of hydrogen-bond acceptors (Lipinski definition) is 7. The maximum Gasteiger partial charge on any atom is 0.422 e. The Bertz CT molecular complexity index is 1290. The van der Waals surface area contributed by atoms with Gasteiger partial charge in [0.25, 0.3) is 5.91 Å². The minimum Gasteiger partial charge on any atom is -0.454 e. The highest BCUT2D eigenvalue weighted by Crippen LogP contribution is 2.48. The van der Waals surface area contributed by atoms with E-state index < -0.39 is 24.3 Å². The standard InChI is InChI=1S/C26H29ClF3N7O2/c1-37(2,3)15-14-31-21(38)17-4-10-20(11-5-17)32-22-33-23(35-24(34-22)39-16-26(28,29)30)36-25(12-13-25)18-6-8-19(27)9-7-18/h4-11H,12-16H2,1-3H3,(H2-,31,32,33,34,35,36,38)/p+1. The van der Waals surface area contributed by atoms with Crippen molar-refractivity contribution in [1.29, 1.82) is 0 Å². The van der Waals surface area contributed by atoms with Crippen LogP contribution >= 0.6 is 11.6 Å². The molecule has 0 radical (unpaired) electrons. The number of ether oxygens (including phenoxy) is 1. The molecule has 0 atom stereocenters. The highest BCUT2D eigenvalue weighted by Gasteiger charge is 2.45. The molecule has 1 amide bonds. The average Bonchev–Trinajstić information content (AvgIpc) is 3.62. The number of rotatable bonds is 11. The van der Waals surface area contributed by atoms with E-state index in [0.717, 1.165) is 29.4 Å². The minimum atomic E-state index is -4.56. The topological polar surface area (TPSA) is 101 Å². The number of carbonyl (C=O) groups excluding carboxylic acids is 1. The predicted octanol–water partition coefficient (Wildman–Crippen LogP) is 4.75. The molecule has 0 spiro atoms. The summed E-state index contributed by atoms with van der Waals surface area (Å²) in [6, 6.07) is 13.4. The van der Waals surface area contributed by atoms with Gasteiger partial charge in [-0.3, -0.25) is 4.79 Å². The van der Waals surface area contributed by atoms with Crippen LogP contribution in [0.1, 0.15) is 28.8 Å². The molecular weight excluding hydrogens is 535 g/mol. The molecule has 0 bridgehead atoms. The Morgan fingerprint density at radius 2 is 1.64 bits per heavy atom. The smallest absolute Gasteiger partial charge is 0.422 e. The first-order chi connectivity index (χ1) is 18.3. The number of alkyl halides is 3. The van der Waals surface area contributed by atoms with Gasteiger partial charge >= 0.3 is 12.2 Å². The first-order valence-electron chi connectivity index (χ1n) is 12.3. The second-order valence-electron chi connectivity index (χ2n) is 10.4. The van der Waals surface area contributed by atoms with Crippen LogP contribution in [-0.4, -0.2) is 72.4 Å². The van der Waals surface area contributed by atoms with Crippen LogP contribution < -0.4 is 20.7 Å². The van der Waals surface area contributed by atoms with Crippen LogP contribution in [0.4, 0.5) is 30.8 Å². The molecule has 0 saturated heterocycles. The third kappa shape index (κ3) is 8.42. The normalized spacial score (nSPS) is 14.4. The summed E-state index contributed by atoms with van der Waals surface area (Å²) in [6.45, 7) is -0.240. The van der Waals surface area contributed by atoms with Crippen molar-refractivity contribution in [2.75, 3.05) is 51.5 Å². The molecule has 1 fully saturated rings. The molecule has 1 aliphatic rings. The summed E-state index contributed by atoms with van der Waals surface area (Å²) in [5.41, 5.74) is 1.48. The zero-order valence-corrected chi connectivity index (χ0v) is 22.5. The number of hydrogen-bond donors (Lipinski definition) is 3. The van der Waals surface area contributed by atoms with Crippen molar-refractivity contribution < 1.29 is 27.2 Å². The Morgan fingerprint density at radius 3 is 2.23 bits per heavy atom. The molecule has 3 aromatic rings. The molecule has 2 aromatic carbocycles. The SMILES string of the molecule is C[N+](C)(C)CCNC(=O)c1ccc(Nc2nc(NC3(c4ccc(Cl)cc4)CC3)nc(OCC(F)(F)F)n2)cc1. The van der Waals surface area contributed by atoms with E-state index in [4.69, 9.17) is 16.3 Å². The van der Waals surface area contributed by atoms with E-state index in [1.807, 2.05) is 33.3 Å². The molecule has 3 N–H and O–H groups in total. The Morgan fingerprint density at radius 1 is 1.00 bits per heavy atom. The van der Waals surface area contributed by atoms with E-state index in [1.54, 1.807) is 36.4 Å². The van der Waals surface area contributed by atoms with Crippen molar-refractivity contribution >= 4 is 35.1 Å². The molecule has 9 nitrogen and oxygen atoms in total. The van der Waals surface area contributed by atoms with Gasteiger partial charge in [-0.2, -0.15) is 28.1 Å². The molecule has 208 valence electrons. The summed E-state index contributed by atoms with van der Waals surface area (Å²) in [7, 11) is 6.11. The number of nitrogens with zero attached hydrogens (tertiary/aromatic N) is 4. The third-order valence-corrected chi connectivity index (χ3v) is 6.20. The zero-order chi connectivity index (χ0) is 28.3. The fraction of sp³-hybridized carbons (Fsp3) is 0.385. The van der Waals surface area contributed by atoms with E-state index >= 15 is 0 Å². The number of nitrogens with one attached hydrogen (secondary N) is 3. The van der Waals surface area contributed by atoms with Crippen molar-refractivity contribution in [3.63, 3.8) is 0 Å². The van der Waals surface area contributed by atoms with Gasteiger partial charge in [-0.15, -0.1) is 0 Å².